The quantitative estimate of drug-likeness (QED) is 0.878. The zero-order valence-corrected chi connectivity index (χ0v) is 10.5. The van der Waals surface area contributed by atoms with Crippen molar-refractivity contribution in [2.45, 2.75) is 20.3 Å². The number of halogens is 1. The van der Waals surface area contributed by atoms with E-state index < -0.39 is 11.4 Å². The summed E-state index contributed by atoms with van der Waals surface area (Å²) in [5.74, 6) is -0.797. The van der Waals surface area contributed by atoms with Crippen LogP contribution in [0.5, 0.6) is 0 Å². The summed E-state index contributed by atoms with van der Waals surface area (Å²) in [6, 6.07) is 7.53. The van der Waals surface area contributed by atoms with E-state index in [1.807, 2.05) is 24.3 Å². The van der Waals surface area contributed by atoms with E-state index in [0.29, 0.717) is 11.4 Å². The summed E-state index contributed by atoms with van der Waals surface area (Å²) in [5.41, 5.74) is 1.12. The number of H-pyrrole nitrogens is 1. The number of carboxylic acids is 1. The Balaban J connectivity index is 2.34. The number of carbonyl (C=O) groups is 1. The molecule has 0 unspecified atom stereocenters. The Morgan fingerprint density at radius 1 is 1.41 bits per heavy atom. The fourth-order valence-corrected chi connectivity index (χ4v) is 1.99. The molecule has 0 bridgehead atoms. The Hall–Kier alpha value is -1.48. The van der Waals surface area contributed by atoms with E-state index in [0.717, 1.165) is 16.6 Å². The molecular weight excluding hydrogens is 238 g/mol. The fourth-order valence-electron chi connectivity index (χ4n) is 1.81. The second-order valence-corrected chi connectivity index (χ2v) is 5.33. The van der Waals surface area contributed by atoms with Crippen molar-refractivity contribution in [2.24, 2.45) is 5.41 Å². The van der Waals surface area contributed by atoms with Gasteiger partial charge in [0.25, 0.3) is 0 Å². The van der Waals surface area contributed by atoms with Gasteiger partial charge in [-0.05, 0) is 38.1 Å². The molecule has 4 heteroatoms. The number of aromatic nitrogens is 1. The van der Waals surface area contributed by atoms with E-state index in [4.69, 9.17) is 16.7 Å². The summed E-state index contributed by atoms with van der Waals surface area (Å²) < 4.78 is 0. The number of benzene rings is 1. The number of aliphatic carboxylic acids is 1. The molecule has 2 rings (SSSR count). The van der Waals surface area contributed by atoms with E-state index in [1.54, 1.807) is 13.8 Å². The first-order valence-corrected chi connectivity index (χ1v) is 5.77. The van der Waals surface area contributed by atoms with Crippen molar-refractivity contribution in [1.82, 2.24) is 4.98 Å². The van der Waals surface area contributed by atoms with E-state index in [-0.39, 0.29) is 0 Å². The smallest absolute Gasteiger partial charge is 0.309 e. The van der Waals surface area contributed by atoms with Crippen molar-refractivity contribution in [3.63, 3.8) is 0 Å². The van der Waals surface area contributed by atoms with Crippen molar-refractivity contribution in [3.8, 4) is 0 Å². The van der Waals surface area contributed by atoms with Gasteiger partial charge >= 0.3 is 5.97 Å². The minimum atomic E-state index is -0.797. The molecule has 0 fully saturated rings. The molecule has 2 N–H and O–H groups in total. The number of hydrogen-bond donors (Lipinski definition) is 2. The molecule has 1 heterocycles. The second-order valence-electron chi connectivity index (χ2n) is 4.89. The van der Waals surface area contributed by atoms with Gasteiger partial charge in [-0.2, -0.15) is 0 Å². The standard InChI is InChI=1S/C13H14ClNO2/c1-13(2,12(16)17)7-10-6-8-5-9(14)3-4-11(8)15-10/h3-6,15H,7H2,1-2H3,(H,16,17). The zero-order valence-electron chi connectivity index (χ0n) is 9.75. The topological polar surface area (TPSA) is 53.1 Å². The Labute approximate surface area is 104 Å². The fraction of sp³-hybridized carbons (Fsp3) is 0.308. The number of fused-ring (bicyclic) bond motifs is 1. The first-order chi connectivity index (χ1) is 7.88. The number of carboxylic acid groups (broad SMARTS) is 1. The van der Waals surface area contributed by atoms with Gasteiger partial charge in [-0.25, -0.2) is 0 Å². The molecule has 0 saturated carbocycles. The van der Waals surface area contributed by atoms with Crippen LogP contribution in [0.1, 0.15) is 19.5 Å². The first-order valence-electron chi connectivity index (χ1n) is 5.39. The molecule has 0 aliphatic carbocycles. The lowest BCUT2D eigenvalue weighted by Crippen LogP contribution is -2.26. The third-order valence-electron chi connectivity index (χ3n) is 2.85. The Bertz CT molecular complexity index is 572. The molecule has 0 amide bonds. The normalized spacial score (nSPS) is 11.9. The van der Waals surface area contributed by atoms with Crippen LogP contribution in [-0.4, -0.2) is 16.1 Å². The maximum atomic E-state index is 11.1. The highest BCUT2D eigenvalue weighted by molar-refractivity contribution is 6.31. The van der Waals surface area contributed by atoms with Crippen molar-refractivity contribution in [3.05, 3.63) is 35.0 Å². The number of hydrogen-bond acceptors (Lipinski definition) is 1. The van der Waals surface area contributed by atoms with Crippen LogP contribution in [-0.2, 0) is 11.2 Å². The van der Waals surface area contributed by atoms with E-state index in [2.05, 4.69) is 4.98 Å². The summed E-state index contributed by atoms with van der Waals surface area (Å²) in [5, 5.41) is 10.8. The summed E-state index contributed by atoms with van der Waals surface area (Å²) >= 11 is 5.90. The van der Waals surface area contributed by atoms with Crippen LogP contribution in [0.25, 0.3) is 10.9 Å². The molecule has 1 aromatic carbocycles. The molecule has 0 aliphatic rings. The predicted molar refractivity (Wildman–Crippen MR) is 68.4 cm³/mol. The van der Waals surface area contributed by atoms with Crippen molar-refractivity contribution in [2.75, 3.05) is 0 Å². The van der Waals surface area contributed by atoms with Crippen LogP contribution in [0.3, 0.4) is 0 Å². The number of aromatic amines is 1. The first kappa shape index (κ1) is 12.0. The number of rotatable bonds is 3. The molecule has 0 spiro atoms. The SMILES string of the molecule is CC(C)(Cc1cc2cc(Cl)ccc2[nH]1)C(=O)O. The highest BCUT2D eigenvalue weighted by Gasteiger charge is 2.27. The average molecular weight is 252 g/mol. The average Bonchev–Trinajstić information content (AvgIpc) is 2.57. The third-order valence-corrected chi connectivity index (χ3v) is 3.09. The Morgan fingerprint density at radius 2 is 2.12 bits per heavy atom. The highest BCUT2D eigenvalue weighted by Crippen LogP contribution is 2.25. The van der Waals surface area contributed by atoms with Crippen LogP contribution in [0, 0.1) is 5.41 Å². The summed E-state index contributed by atoms with van der Waals surface area (Å²) in [4.78, 5) is 14.3. The summed E-state index contributed by atoms with van der Waals surface area (Å²) in [6.07, 6.45) is 0.467. The Morgan fingerprint density at radius 3 is 2.76 bits per heavy atom. The van der Waals surface area contributed by atoms with Gasteiger partial charge in [0.15, 0.2) is 0 Å². The molecular formula is C13H14ClNO2. The van der Waals surface area contributed by atoms with Gasteiger partial charge in [0.2, 0.25) is 0 Å². The lowest BCUT2D eigenvalue weighted by atomic mass is 9.88. The van der Waals surface area contributed by atoms with Gasteiger partial charge < -0.3 is 10.1 Å². The molecule has 0 saturated heterocycles. The molecule has 0 atom stereocenters. The molecule has 2 aromatic rings. The van der Waals surface area contributed by atoms with Gasteiger partial charge in [-0.1, -0.05) is 11.6 Å². The second kappa shape index (κ2) is 4.08. The van der Waals surface area contributed by atoms with Crippen LogP contribution >= 0.6 is 11.6 Å². The van der Waals surface area contributed by atoms with Gasteiger partial charge in [-0.15, -0.1) is 0 Å². The van der Waals surface area contributed by atoms with Crippen LogP contribution in [0.2, 0.25) is 5.02 Å². The van der Waals surface area contributed by atoms with E-state index in [1.165, 1.54) is 0 Å². The molecule has 17 heavy (non-hydrogen) atoms. The van der Waals surface area contributed by atoms with Crippen LogP contribution in [0.4, 0.5) is 0 Å². The van der Waals surface area contributed by atoms with Crippen LogP contribution < -0.4 is 0 Å². The van der Waals surface area contributed by atoms with Crippen molar-refractivity contribution in [1.29, 1.82) is 0 Å². The van der Waals surface area contributed by atoms with E-state index >= 15 is 0 Å². The maximum absolute atomic E-state index is 11.1. The molecule has 0 aliphatic heterocycles. The minimum absolute atomic E-state index is 0.467. The van der Waals surface area contributed by atoms with Crippen molar-refractivity contribution >= 4 is 28.5 Å². The third kappa shape index (κ3) is 2.44. The summed E-state index contributed by atoms with van der Waals surface area (Å²) in [7, 11) is 0. The van der Waals surface area contributed by atoms with Gasteiger partial charge in [0.05, 0.1) is 5.41 Å². The number of nitrogens with one attached hydrogen (secondary N) is 1. The van der Waals surface area contributed by atoms with Gasteiger partial charge in [0, 0.05) is 28.0 Å². The van der Waals surface area contributed by atoms with Crippen LogP contribution in [0.15, 0.2) is 24.3 Å². The predicted octanol–water partition coefficient (Wildman–Crippen LogP) is 3.47. The monoisotopic (exact) mass is 251 g/mol. The zero-order chi connectivity index (χ0) is 12.6. The molecule has 0 radical (unpaired) electrons. The highest BCUT2D eigenvalue weighted by atomic mass is 35.5. The molecule has 3 nitrogen and oxygen atoms in total. The van der Waals surface area contributed by atoms with E-state index in [9.17, 15) is 4.79 Å². The maximum Gasteiger partial charge on any atom is 0.309 e. The molecule has 1 aromatic heterocycles. The lowest BCUT2D eigenvalue weighted by molar-refractivity contribution is -0.146. The van der Waals surface area contributed by atoms with Gasteiger partial charge in [-0.3, -0.25) is 4.79 Å². The summed E-state index contributed by atoms with van der Waals surface area (Å²) in [6.45, 7) is 3.43. The lowest BCUT2D eigenvalue weighted by Gasteiger charge is -2.17. The molecule has 90 valence electrons. The Kier molecular flexibility index (Phi) is 2.87. The minimum Gasteiger partial charge on any atom is -0.481 e. The van der Waals surface area contributed by atoms with Crippen molar-refractivity contribution < 1.29 is 9.90 Å². The van der Waals surface area contributed by atoms with Gasteiger partial charge in [0.1, 0.15) is 0 Å². The largest absolute Gasteiger partial charge is 0.481 e.